The van der Waals surface area contributed by atoms with Gasteiger partial charge in [-0.1, -0.05) is 13.8 Å². The summed E-state index contributed by atoms with van der Waals surface area (Å²) in [6.07, 6.45) is 5.85. The molecule has 0 aliphatic rings. The van der Waals surface area contributed by atoms with E-state index in [1.165, 1.54) is 0 Å². The summed E-state index contributed by atoms with van der Waals surface area (Å²) in [6.45, 7) is 6.00. The summed E-state index contributed by atoms with van der Waals surface area (Å²) in [5, 5.41) is 8.40. The van der Waals surface area contributed by atoms with Gasteiger partial charge >= 0.3 is 0 Å². The van der Waals surface area contributed by atoms with Gasteiger partial charge in [-0.2, -0.15) is 10.2 Å². The molecule has 2 aromatic rings. The highest BCUT2D eigenvalue weighted by molar-refractivity contribution is 5.63. The Labute approximate surface area is 90.5 Å². The van der Waals surface area contributed by atoms with E-state index in [0.29, 0.717) is 0 Å². The van der Waals surface area contributed by atoms with Crippen LogP contribution in [0, 0.1) is 6.92 Å². The normalized spacial score (nSPS) is 9.67. The third-order valence-corrected chi connectivity index (χ3v) is 2.03. The van der Waals surface area contributed by atoms with Gasteiger partial charge < -0.3 is 0 Å². The number of nitrogens with zero attached hydrogens (tertiary/aromatic N) is 4. The van der Waals surface area contributed by atoms with Crippen molar-refractivity contribution >= 4 is 0 Å². The van der Waals surface area contributed by atoms with Gasteiger partial charge in [0.05, 0.1) is 11.9 Å². The Morgan fingerprint density at radius 2 is 1.73 bits per heavy atom. The second kappa shape index (κ2) is 4.77. The molecular weight excluding hydrogens is 188 g/mol. The van der Waals surface area contributed by atoms with Crippen molar-refractivity contribution in [2.45, 2.75) is 20.8 Å². The molecule has 0 bridgehead atoms. The first kappa shape index (κ1) is 11.5. The minimum atomic E-state index is 1.04. The molecule has 0 aliphatic carbocycles. The van der Waals surface area contributed by atoms with Gasteiger partial charge in [-0.25, -0.2) is 0 Å². The van der Waals surface area contributed by atoms with E-state index >= 15 is 0 Å². The molecule has 15 heavy (non-hydrogen) atoms. The Morgan fingerprint density at radius 3 is 2.13 bits per heavy atom. The lowest BCUT2D eigenvalue weighted by atomic mass is 10.1. The molecule has 0 saturated heterocycles. The molecule has 4 heteroatoms. The Balaban J connectivity index is 0.000000531. The summed E-state index contributed by atoms with van der Waals surface area (Å²) in [4.78, 5) is 0. The molecule has 4 nitrogen and oxygen atoms in total. The maximum absolute atomic E-state index is 4.28. The SMILES string of the molecule is CC.Cc1nn(C)cc1-c1cnn(C)c1. The summed E-state index contributed by atoms with van der Waals surface area (Å²) in [5.41, 5.74) is 3.30. The van der Waals surface area contributed by atoms with E-state index in [1.807, 2.05) is 58.1 Å². The van der Waals surface area contributed by atoms with Crippen molar-refractivity contribution in [2.75, 3.05) is 0 Å². The fourth-order valence-corrected chi connectivity index (χ4v) is 1.44. The lowest BCUT2D eigenvalue weighted by molar-refractivity contribution is 0.756. The Hall–Kier alpha value is -1.58. The first-order valence-electron chi connectivity index (χ1n) is 5.16. The maximum atomic E-state index is 4.28. The average molecular weight is 206 g/mol. The molecule has 0 saturated carbocycles. The zero-order valence-electron chi connectivity index (χ0n) is 10.0. The molecule has 0 aliphatic heterocycles. The molecule has 0 atom stereocenters. The molecule has 0 radical (unpaired) electrons. The van der Waals surface area contributed by atoms with Crippen LogP contribution < -0.4 is 0 Å². The molecule has 0 unspecified atom stereocenters. The van der Waals surface area contributed by atoms with E-state index in [1.54, 1.807) is 4.68 Å². The van der Waals surface area contributed by atoms with Crippen LogP contribution in [-0.4, -0.2) is 19.6 Å². The number of aromatic nitrogens is 4. The van der Waals surface area contributed by atoms with Crippen molar-refractivity contribution in [3.63, 3.8) is 0 Å². The van der Waals surface area contributed by atoms with Crippen LogP contribution >= 0.6 is 0 Å². The topological polar surface area (TPSA) is 35.6 Å². The first-order chi connectivity index (χ1) is 7.16. The minimum absolute atomic E-state index is 1.04. The largest absolute Gasteiger partial charge is 0.275 e. The van der Waals surface area contributed by atoms with E-state index in [0.717, 1.165) is 16.8 Å². The van der Waals surface area contributed by atoms with Gasteiger partial charge in [0, 0.05) is 37.6 Å². The Kier molecular flexibility index (Phi) is 3.66. The van der Waals surface area contributed by atoms with Crippen LogP contribution in [0.5, 0.6) is 0 Å². The van der Waals surface area contributed by atoms with Crippen molar-refractivity contribution < 1.29 is 0 Å². The molecular formula is C11H18N4. The predicted molar refractivity (Wildman–Crippen MR) is 61.5 cm³/mol. The van der Waals surface area contributed by atoms with E-state index < -0.39 is 0 Å². The molecule has 82 valence electrons. The van der Waals surface area contributed by atoms with Gasteiger partial charge in [-0.3, -0.25) is 9.36 Å². The quantitative estimate of drug-likeness (QED) is 0.716. The summed E-state index contributed by atoms with van der Waals surface area (Å²) in [5.74, 6) is 0. The average Bonchev–Trinajstić information content (AvgIpc) is 2.76. The highest BCUT2D eigenvalue weighted by Crippen LogP contribution is 2.20. The molecule has 0 spiro atoms. The van der Waals surface area contributed by atoms with Crippen LogP contribution in [0.4, 0.5) is 0 Å². The Bertz CT molecular complexity index is 425. The molecule has 2 rings (SSSR count). The van der Waals surface area contributed by atoms with Crippen molar-refractivity contribution in [1.82, 2.24) is 19.6 Å². The molecule has 0 aromatic carbocycles. The second-order valence-corrected chi connectivity index (χ2v) is 3.20. The summed E-state index contributed by atoms with van der Waals surface area (Å²) in [6, 6.07) is 0. The van der Waals surface area contributed by atoms with Crippen molar-refractivity contribution in [3.05, 3.63) is 24.3 Å². The van der Waals surface area contributed by atoms with Crippen molar-refractivity contribution in [2.24, 2.45) is 14.1 Å². The summed E-state index contributed by atoms with van der Waals surface area (Å²) in [7, 11) is 3.84. The zero-order chi connectivity index (χ0) is 11.4. The number of hydrogen-bond donors (Lipinski definition) is 0. The van der Waals surface area contributed by atoms with E-state index in [9.17, 15) is 0 Å². The summed E-state index contributed by atoms with van der Waals surface area (Å²) >= 11 is 0. The smallest absolute Gasteiger partial charge is 0.0673 e. The van der Waals surface area contributed by atoms with Crippen molar-refractivity contribution in [3.8, 4) is 11.1 Å². The first-order valence-corrected chi connectivity index (χ1v) is 5.16. The van der Waals surface area contributed by atoms with E-state index in [4.69, 9.17) is 0 Å². The van der Waals surface area contributed by atoms with Gasteiger partial charge in [0.2, 0.25) is 0 Å². The molecule has 0 amide bonds. The number of aryl methyl sites for hydroxylation is 3. The fourth-order valence-electron chi connectivity index (χ4n) is 1.44. The minimum Gasteiger partial charge on any atom is -0.275 e. The third kappa shape index (κ3) is 2.46. The van der Waals surface area contributed by atoms with Crippen LogP contribution in [0.1, 0.15) is 19.5 Å². The monoisotopic (exact) mass is 206 g/mol. The standard InChI is InChI=1S/C9H12N4.C2H6/c1-7-9(6-13(3)11-7)8-4-10-12(2)5-8;1-2/h4-6H,1-3H3;1-2H3. The second-order valence-electron chi connectivity index (χ2n) is 3.20. The van der Waals surface area contributed by atoms with Gasteiger partial charge in [0.15, 0.2) is 0 Å². The lowest BCUT2D eigenvalue weighted by Crippen LogP contribution is -1.86. The van der Waals surface area contributed by atoms with Gasteiger partial charge in [0.1, 0.15) is 0 Å². The van der Waals surface area contributed by atoms with E-state index in [-0.39, 0.29) is 0 Å². The van der Waals surface area contributed by atoms with E-state index in [2.05, 4.69) is 10.2 Å². The fraction of sp³-hybridized carbons (Fsp3) is 0.455. The molecule has 2 heterocycles. The molecule has 2 aromatic heterocycles. The summed E-state index contributed by atoms with van der Waals surface area (Å²) < 4.78 is 3.61. The Morgan fingerprint density at radius 1 is 1.07 bits per heavy atom. The lowest BCUT2D eigenvalue weighted by Gasteiger charge is -1.90. The zero-order valence-corrected chi connectivity index (χ0v) is 10.0. The van der Waals surface area contributed by atoms with Crippen LogP contribution in [0.2, 0.25) is 0 Å². The maximum Gasteiger partial charge on any atom is 0.0673 e. The van der Waals surface area contributed by atoms with Crippen molar-refractivity contribution in [1.29, 1.82) is 0 Å². The number of rotatable bonds is 1. The van der Waals surface area contributed by atoms with Gasteiger partial charge in [-0.15, -0.1) is 0 Å². The van der Waals surface area contributed by atoms with Crippen LogP contribution in [0.15, 0.2) is 18.6 Å². The highest BCUT2D eigenvalue weighted by Gasteiger charge is 2.06. The van der Waals surface area contributed by atoms with Crippen LogP contribution in [-0.2, 0) is 14.1 Å². The highest BCUT2D eigenvalue weighted by atomic mass is 15.3. The predicted octanol–water partition coefficient (Wildman–Crippen LogP) is 2.16. The molecule has 0 N–H and O–H groups in total. The van der Waals surface area contributed by atoms with Crippen LogP contribution in [0.25, 0.3) is 11.1 Å². The third-order valence-electron chi connectivity index (χ3n) is 2.03. The van der Waals surface area contributed by atoms with Crippen LogP contribution in [0.3, 0.4) is 0 Å². The van der Waals surface area contributed by atoms with Gasteiger partial charge in [0.25, 0.3) is 0 Å². The number of hydrogen-bond acceptors (Lipinski definition) is 2. The molecule has 0 fully saturated rings. The van der Waals surface area contributed by atoms with Gasteiger partial charge in [-0.05, 0) is 6.92 Å².